The second-order valence-corrected chi connectivity index (χ2v) is 3.81. The SMILES string of the molecule is COC(=O)c1ccc2cnn(C(C)=O)c2c1Cl. The minimum Gasteiger partial charge on any atom is -0.465 e. The fourth-order valence-corrected chi connectivity index (χ4v) is 1.91. The molecule has 2 aromatic rings. The third kappa shape index (κ3) is 1.78. The van der Waals surface area contributed by atoms with Crippen molar-refractivity contribution in [3.8, 4) is 0 Å². The molecule has 0 amide bonds. The molecular weight excluding hydrogens is 244 g/mol. The molecule has 0 saturated carbocycles. The number of esters is 1. The number of carbonyl (C=O) groups is 2. The number of carbonyl (C=O) groups excluding carboxylic acids is 2. The highest BCUT2D eigenvalue weighted by Gasteiger charge is 2.17. The van der Waals surface area contributed by atoms with Crippen molar-refractivity contribution in [3.05, 3.63) is 28.9 Å². The summed E-state index contributed by atoms with van der Waals surface area (Å²) in [6.07, 6.45) is 1.52. The third-order valence-electron chi connectivity index (χ3n) is 2.38. The number of halogens is 1. The smallest absolute Gasteiger partial charge is 0.339 e. The van der Waals surface area contributed by atoms with Crippen molar-refractivity contribution in [1.29, 1.82) is 0 Å². The van der Waals surface area contributed by atoms with E-state index in [2.05, 4.69) is 9.84 Å². The van der Waals surface area contributed by atoms with Gasteiger partial charge in [0.25, 0.3) is 0 Å². The van der Waals surface area contributed by atoms with E-state index in [1.165, 1.54) is 20.2 Å². The zero-order valence-corrected chi connectivity index (χ0v) is 9.99. The van der Waals surface area contributed by atoms with Gasteiger partial charge in [-0.05, 0) is 6.07 Å². The van der Waals surface area contributed by atoms with Crippen molar-refractivity contribution in [3.63, 3.8) is 0 Å². The number of rotatable bonds is 1. The third-order valence-corrected chi connectivity index (χ3v) is 2.76. The van der Waals surface area contributed by atoms with Crippen LogP contribution in [0.1, 0.15) is 22.1 Å². The number of methoxy groups -OCH3 is 1. The largest absolute Gasteiger partial charge is 0.465 e. The van der Waals surface area contributed by atoms with E-state index < -0.39 is 5.97 Å². The van der Waals surface area contributed by atoms with E-state index in [0.717, 1.165) is 4.68 Å². The highest BCUT2D eigenvalue weighted by Crippen LogP contribution is 2.27. The predicted octanol–water partition coefficient (Wildman–Crippen LogP) is 2.14. The van der Waals surface area contributed by atoms with E-state index in [0.29, 0.717) is 10.9 Å². The van der Waals surface area contributed by atoms with E-state index in [-0.39, 0.29) is 16.5 Å². The Balaban J connectivity index is 2.77. The Labute approximate surface area is 102 Å². The van der Waals surface area contributed by atoms with Gasteiger partial charge in [0.05, 0.1) is 29.4 Å². The number of aromatic nitrogens is 2. The molecule has 0 saturated heterocycles. The Kier molecular flexibility index (Phi) is 2.85. The number of ether oxygens (including phenoxy) is 1. The van der Waals surface area contributed by atoms with Crippen molar-refractivity contribution in [2.45, 2.75) is 6.92 Å². The Morgan fingerprint density at radius 1 is 1.41 bits per heavy atom. The topological polar surface area (TPSA) is 61.2 Å². The van der Waals surface area contributed by atoms with Crippen LogP contribution in [0.5, 0.6) is 0 Å². The Morgan fingerprint density at radius 2 is 2.12 bits per heavy atom. The average molecular weight is 253 g/mol. The van der Waals surface area contributed by atoms with Crippen molar-refractivity contribution >= 4 is 34.4 Å². The fraction of sp³-hybridized carbons (Fsp3) is 0.182. The van der Waals surface area contributed by atoms with Crippen molar-refractivity contribution in [2.75, 3.05) is 7.11 Å². The summed E-state index contributed by atoms with van der Waals surface area (Å²) in [6.45, 7) is 1.37. The lowest BCUT2D eigenvalue weighted by Crippen LogP contribution is -2.09. The molecule has 2 rings (SSSR count). The molecule has 1 aromatic heterocycles. The minimum absolute atomic E-state index is 0.169. The molecule has 17 heavy (non-hydrogen) atoms. The first-order valence-electron chi connectivity index (χ1n) is 4.81. The number of benzene rings is 1. The summed E-state index contributed by atoms with van der Waals surface area (Å²) < 4.78 is 5.76. The molecule has 0 unspecified atom stereocenters. The maximum atomic E-state index is 11.5. The molecule has 88 valence electrons. The monoisotopic (exact) mass is 252 g/mol. The molecule has 1 aromatic carbocycles. The molecule has 0 bridgehead atoms. The van der Waals surface area contributed by atoms with Gasteiger partial charge in [0.1, 0.15) is 0 Å². The van der Waals surface area contributed by atoms with Gasteiger partial charge in [0.2, 0.25) is 5.91 Å². The molecule has 5 nitrogen and oxygen atoms in total. The van der Waals surface area contributed by atoms with Crippen LogP contribution in [0.3, 0.4) is 0 Å². The van der Waals surface area contributed by atoms with Gasteiger partial charge in [-0.3, -0.25) is 4.79 Å². The van der Waals surface area contributed by atoms with Crippen LogP contribution in [0.15, 0.2) is 18.3 Å². The first-order chi connectivity index (χ1) is 8.06. The minimum atomic E-state index is -0.548. The van der Waals surface area contributed by atoms with Gasteiger partial charge < -0.3 is 4.74 Å². The van der Waals surface area contributed by atoms with Crippen LogP contribution >= 0.6 is 11.6 Å². The first-order valence-corrected chi connectivity index (χ1v) is 5.19. The van der Waals surface area contributed by atoms with Crippen LogP contribution in [0.25, 0.3) is 10.9 Å². The lowest BCUT2D eigenvalue weighted by atomic mass is 10.1. The zero-order chi connectivity index (χ0) is 12.6. The van der Waals surface area contributed by atoms with Gasteiger partial charge in [0.15, 0.2) is 0 Å². The van der Waals surface area contributed by atoms with E-state index >= 15 is 0 Å². The Bertz CT molecular complexity index is 618. The highest BCUT2D eigenvalue weighted by atomic mass is 35.5. The molecule has 0 radical (unpaired) electrons. The summed E-state index contributed by atoms with van der Waals surface area (Å²) in [4.78, 5) is 22.8. The maximum absolute atomic E-state index is 11.5. The van der Waals surface area contributed by atoms with Gasteiger partial charge in [0, 0.05) is 12.3 Å². The molecule has 6 heteroatoms. The van der Waals surface area contributed by atoms with Gasteiger partial charge >= 0.3 is 5.97 Å². The molecule has 0 aliphatic carbocycles. The maximum Gasteiger partial charge on any atom is 0.339 e. The summed E-state index contributed by atoms with van der Waals surface area (Å²) in [6, 6.07) is 3.21. The van der Waals surface area contributed by atoms with E-state index in [9.17, 15) is 9.59 Å². The molecular formula is C11H9ClN2O3. The first kappa shape index (κ1) is 11.6. The summed E-state index contributed by atoms with van der Waals surface area (Å²) in [7, 11) is 1.27. The van der Waals surface area contributed by atoms with Crippen molar-refractivity contribution in [2.24, 2.45) is 0 Å². The lowest BCUT2D eigenvalue weighted by Gasteiger charge is -2.04. The fourth-order valence-electron chi connectivity index (χ4n) is 1.58. The van der Waals surface area contributed by atoms with Crippen molar-refractivity contribution < 1.29 is 14.3 Å². The average Bonchev–Trinajstić information content (AvgIpc) is 2.73. The van der Waals surface area contributed by atoms with Crippen molar-refractivity contribution in [1.82, 2.24) is 9.78 Å². The van der Waals surface area contributed by atoms with E-state index in [1.807, 2.05) is 0 Å². The molecule has 0 atom stereocenters. The molecule has 0 aliphatic heterocycles. The number of hydrogen-bond acceptors (Lipinski definition) is 4. The quantitative estimate of drug-likeness (QED) is 0.730. The molecule has 0 aliphatic rings. The molecule has 0 spiro atoms. The summed E-state index contributed by atoms with van der Waals surface area (Å²) in [5.41, 5.74) is 0.631. The van der Waals surface area contributed by atoms with Crippen LogP contribution < -0.4 is 0 Å². The normalized spacial score (nSPS) is 10.5. The summed E-state index contributed by atoms with van der Waals surface area (Å²) >= 11 is 6.09. The predicted molar refractivity (Wildman–Crippen MR) is 62.4 cm³/mol. The number of nitrogens with zero attached hydrogens (tertiary/aromatic N) is 2. The van der Waals surface area contributed by atoms with Crippen LogP contribution in [-0.2, 0) is 4.74 Å². The van der Waals surface area contributed by atoms with E-state index in [4.69, 9.17) is 11.6 Å². The van der Waals surface area contributed by atoms with Crippen LogP contribution in [-0.4, -0.2) is 28.8 Å². The van der Waals surface area contributed by atoms with Crippen LogP contribution in [0.2, 0.25) is 5.02 Å². The summed E-state index contributed by atoms with van der Waals surface area (Å²) in [5.74, 6) is -0.822. The van der Waals surface area contributed by atoms with Gasteiger partial charge in [-0.15, -0.1) is 0 Å². The Hall–Kier alpha value is -1.88. The zero-order valence-electron chi connectivity index (χ0n) is 9.23. The van der Waals surface area contributed by atoms with Gasteiger partial charge in [-0.2, -0.15) is 9.78 Å². The number of hydrogen-bond donors (Lipinski definition) is 0. The molecule has 1 heterocycles. The van der Waals surface area contributed by atoms with Gasteiger partial charge in [-0.1, -0.05) is 17.7 Å². The van der Waals surface area contributed by atoms with Crippen LogP contribution in [0, 0.1) is 0 Å². The Morgan fingerprint density at radius 3 is 2.71 bits per heavy atom. The second-order valence-electron chi connectivity index (χ2n) is 3.43. The lowest BCUT2D eigenvalue weighted by molar-refractivity contribution is 0.0600. The molecule has 0 fully saturated rings. The van der Waals surface area contributed by atoms with Gasteiger partial charge in [-0.25, -0.2) is 4.79 Å². The molecule has 0 N–H and O–H groups in total. The summed E-state index contributed by atoms with van der Waals surface area (Å²) in [5, 5.41) is 4.77. The number of fused-ring (bicyclic) bond motifs is 1. The van der Waals surface area contributed by atoms with E-state index in [1.54, 1.807) is 12.1 Å². The highest BCUT2D eigenvalue weighted by molar-refractivity contribution is 6.38. The standard InChI is InChI=1S/C11H9ClN2O3/c1-6(15)14-10-7(5-13-14)3-4-8(9(10)12)11(16)17-2/h3-5H,1-2H3. The van der Waals surface area contributed by atoms with Crippen LogP contribution in [0.4, 0.5) is 0 Å². The second kappa shape index (κ2) is 4.18.